The maximum absolute atomic E-state index is 14.3. The number of likely N-dealkylation sites (N-methyl/N-ethyl adjacent to an activating group) is 1. The first kappa shape index (κ1) is 39.0. The molecule has 2 aliphatic heterocycles. The van der Waals surface area contributed by atoms with Crippen LogP contribution in [0.1, 0.15) is 58.8 Å². The van der Waals surface area contributed by atoms with E-state index in [1.807, 2.05) is 66.7 Å². The van der Waals surface area contributed by atoms with Gasteiger partial charge in [0, 0.05) is 42.5 Å². The van der Waals surface area contributed by atoms with E-state index in [0.29, 0.717) is 47.4 Å². The zero-order valence-corrected chi connectivity index (χ0v) is 31.8. The fraction of sp³-hybridized carbons (Fsp3) is 0.463. The number of nitrogens with one attached hydrogen (secondary N) is 4. The van der Waals surface area contributed by atoms with Gasteiger partial charge in [-0.25, -0.2) is 14.6 Å². The van der Waals surface area contributed by atoms with Crippen LogP contribution in [0.15, 0.2) is 66.7 Å². The maximum Gasteiger partial charge on any atom is 0.332 e. The van der Waals surface area contributed by atoms with E-state index in [-0.39, 0.29) is 31.4 Å². The van der Waals surface area contributed by atoms with Gasteiger partial charge in [0.05, 0.1) is 31.5 Å². The molecule has 14 nitrogen and oxygen atoms in total. The SMILES string of the molecule is CCOC(=O)C12C[C@H]1/C=C\CCCCC[C@@H](C(=O)N[C@@H](C)C(=O)NC)NC(=O)N1C[C@H](Oc3cc(-c4ccccc4)nc4cc(OC)ccc34)C[C@H]1C(=O)N2. The van der Waals surface area contributed by atoms with Crippen LogP contribution in [0, 0.1) is 5.92 Å². The molecule has 3 aromatic rings. The monoisotopic (exact) mass is 754 g/mol. The number of hydrogen-bond acceptors (Lipinski definition) is 9. The van der Waals surface area contributed by atoms with Gasteiger partial charge in [0.25, 0.3) is 0 Å². The molecule has 1 aromatic heterocycles. The van der Waals surface area contributed by atoms with Gasteiger partial charge < -0.3 is 40.4 Å². The zero-order valence-electron chi connectivity index (χ0n) is 31.8. The number of urea groups is 1. The smallest absolute Gasteiger partial charge is 0.332 e. The Hall–Kier alpha value is -5.66. The lowest BCUT2D eigenvalue weighted by molar-refractivity contribution is -0.149. The fourth-order valence-corrected chi connectivity index (χ4v) is 7.35. The molecule has 4 N–H and O–H groups in total. The third-order valence-corrected chi connectivity index (χ3v) is 10.5. The summed E-state index contributed by atoms with van der Waals surface area (Å²) in [5.41, 5.74) is 0.933. The van der Waals surface area contributed by atoms with Crippen LogP contribution in [0.2, 0.25) is 0 Å². The minimum absolute atomic E-state index is 0.00326. The number of rotatable bonds is 9. The minimum atomic E-state index is -1.24. The van der Waals surface area contributed by atoms with Gasteiger partial charge in [-0.2, -0.15) is 0 Å². The molecule has 2 aromatic carbocycles. The van der Waals surface area contributed by atoms with Crippen LogP contribution in [0.5, 0.6) is 11.5 Å². The summed E-state index contributed by atoms with van der Waals surface area (Å²) in [4.78, 5) is 73.9. The van der Waals surface area contributed by atoms with Crippen molar-refractivity contribution in [3.63, 3.8) is 0 Å². The molecular weight excluding hydrogens is 704 g/mol. The van der Waals surface area contributed by atoms with Crippen LogP contribution in [0.25, 0.3) is 22.2 Å². The quantitative estimate of drug-likeness (QED) is 0.186. The standard InChI is InChI=1S/C41H50N6O8/c1-5-54-39(51)41-23-27(41)16-12-7-6-8-13-17-31(37(49)43-25(2)36(48)42-3)45-40(52)47-24-29(21-34(47)38(50)46-41)55-35-22-32(26-14-10-9-11-15-26)44-33-20-28(53-4)18-19-30(33)35/h9-12,14-16,18-20,22,25,27,29,31,34H,5-8,13,17,21,23-24H2,1-4H3,(H,42,48)(H,43,49)(H,45,52)(H,46,50)/b16-12-/t25-,27+,29+,31-,34-,41?/m0/s1. The van der Waals surface area contributed by atoms with Crippen molar-refractivity contribution in [2.24, 2.45) is 5.92 Å². The van der Waals surface area contributed by atoms with Crippen molar-refractivity contribution in [2.75, 3.05) is 27.3 Å². The number of benzene rings is 2. The van der Waals surface area contributed by atoms with E-state index < -0.39 is 53.6 Å². The number of amides is 5. The largest absolute Gasteiger partial charge is 0.497 e. The molecule has 3 aliphatic rings. The molecular formula is C41H50N6O8. The molecule has 1 saturated carbocycles. The molecule has 5 amide bonds. The Morgan fingerprint density at radius 2 is 1.87 bits per heavy atom. The number of carbonyl (C=O) groups excluding carboxylic acids is 5. The van der Waals surface area contributed by atoms with Gasteiger partial charge in [0.2, 0.25) is 17.7 Å². The Labute approximate surface area is 320 Å². The van der Waals surface area contributed by atoms with E-state index >= 15 is 0 Å². The van der Waals surface area contributed by atoms with E-state index in [2.05, 4.69) is 21.3 Å². The molecule has 55 heavy (non-hydrogen) atoms. The summed E-state index contributed by atoms with van der Waals surface area (Å²) in [6, 6.07) is 13.5. The molecule has 6 rings (SSSR count). The summed E-state index contributed by atoms with van der Waals surface area (Å²) < 4.78 is 17.6. The first-order valence-corrected chi connectivity index (χ1v) is 19.0. The second-order valence-corrected chi connectivity index (χ2v) is 14.3. The lowest BCUT2D eigenvalue weighted by atomic mass is 10.0. The lowest BCUT2D eigenvalue weighted by Crippen LogP contribution is -2.58. The summed E-state index contributed by atoms with van der Waals surface area (Å²) >= 11 is 0. The van der Waals surface area contributed by atoms with Crippen molar-refractivity contribution in [1.29, 1.82) is 0 Å². The first-order chi connectivity index (χ1) is 26.6. The van der Waals surface area contributed by atoms with Crippen molar-refractivity contribution in [1.82, 2.24) is 31.2 Å². The Morgan fingerprint density at radius 3 is 2.62 bits per heavy atom. The number of nitrogens with zero attached hydrogens (tertiary/aromatic N) is 2. The predicted octanol–water partition coefficient (Wildman–Crippen LogP) is 4.02. The number of esters is 1. The molecule has 1 saturated heterocycles. The number of allylic oxidation sites excluding steroid dienone is 1. The number of pyridine rings is 1. The Bertz CT molecular complexity index is 1940. The molecule has 0 bridgehead atoms. The average molecular weight is 755 g/mol. The molecule has 6 atom stereocenters. The van der Waals surface area contributed by atoms with Crippen molar-refractivity contribution in [3.05, 3.63) is 66.7 Å². The van der Waals surface area contributed by atoms with E-state index in [1.165, 1.54) is 11.9 Å². The molecule has 3 heterocycles. The van der Waals surface area contributed by atoms with Gasteiger partial charge in [-0.05, 0) is 51.7 Å². The topological polar surface area (TPSA) is 177 Å². The van der Waals surface area contributed by atoms with Crippen LogP contribution in [-0.4, -0.2) is 96.7 Å². The van der Waals surface area contributed by atoms with Crippen LogP contribution in [-0.2, 0) is 23.9 Å². The Morgan fingerprint density at radius 1 is 1.07 bits per heavy atom. The number of hydrogen-bond donors (Lipinski definition) is 4. The summed E-state index contributed by atoms with van der Waals surface area (Å²) in [5, 5.41) is 11.8. The van der Waals surface area contributed by atoms with Crippen molar-refractivity contribution < 1.29 is 38.2 Å². The van der Waals surface area contributed by atoms with Crippen LogP contribution in [0.3, 0.4) is 0 Å². The van der Waals surface area contributed by atoms with Crippen LogP contribution < -0.4 is 30.7 Å². The predicted molar refractivity (Wildman–Crippen MR) is 205 cm³/mol. The van der Waals surface area contributed by atoms with E-state index in [1.54, 1.807) is 21.0 Å². The molecule has 0 spiro atoms. The average Bonchev–Trinajstić information content (AvgIpc) is 3.72. The normalized spacial score (nSPS) is 25.3. The van der Waals surface area contributed by atoms with E-state index in [4.69, 9.17) is 19.2 Å². The lowest BCUT2D eigenvalue weighted by Gasteiger charge is -2.28. The second kappa shape index (κ2) is 17.2. The van der Waals surface area contributed by atoms with Crippen molar-refractivity contribution in [2.45, 2.75) is 88.6 Å². The molecule has 14 heteroatoms. The minimum Gasteiger partial charge on any atom is -0.497 e. The van der Waals surface area contributed by atoms with Gasteiger partial charge in [-0.15, -0.1) is 0 Å². The third kappa shape index (κ3) is 8.84. The highest BCUT2D eigenvalue weighted by Gasteiger charge is 2.62. The Kier molecular flexibility index (Phi) is 12.2. The van der Waals surface area contributed by atoms with Gasteiger partial charge in [-0.3, -0.25) is 14.4 Å². The van der Waals surface area contributed by atoms with Crippen LogP contribution in [0.4, 0.5) is 4.79 Å². The van der Waals surface area contributed by atoms with Gasteiger partial charge in [0.15, 0.2) is 0 Å². The molecule has 1 aliphatic carbocycles. The molecule has 1 unspecified atom stereocenters. The number of aromatic nitrogens is 1. The highest BCUT2D eigenvalue weighted by molar-refractivity contribution is 5.96. The zero-order chi connectivity index (χ0) is 39.1. The number of carbonyl (C=O) groups is 5. The molecule has 292 valence electrons. The van der Waals surface area contributed by atoms with Crippen molar-refractivity contribution >= 4 is 40.6 Å². The van der Waals surface area contributed by atoms with Gasteiger partial charge >= 0.3 is 12.0 Å². The number of fused-ring (bicyclic) bond motifs is 3. The molecule has 0 radical (unpaired) electrons. The van der Waals surface area contributed by atoms with E-state index in [0.717, 1.165) is 24.8 Å². The number of ether oxygens (including phenoxy) is 3. The Balaban J connectivity index is 1.33. The van der Waals surface area contributed by atoms with Gasteiger partial charge in [0.1, 0.15) is 41.3 Å². The van der Waals surface area contributed by atoms with Gasteiger partial charge in [-0.1, -0.05) is 55.3 Å². The molecule has 2 fully saturated rings. The van der Waals surface area contributed by atoms with Crippen molar-refractivity contribution in [3.8, 4) is 22.8 Å². The fourth-order valence-electron chi connectivity index (χ4n) is 7.35. The maximum atomic E-state index is 14.3. The first-order valence-electron chi connectivity index (χ1n) is 19.0. The summed E-state index contributed by atoms with van der Waals surface area (Å²) in [5.74, 6) is -1.04. The summed E-state index contributed by atoms with van der Waals surface area (Å²) in [6.07, 6.45) is 7.13. The second-order valence-electron chi connectivity index (χ2n) is 14.3. The summed E-state index contributed by atoms with van der Waals surface area (Å²) in [7, 11) is 3.06. The highest BCUT2D eigenvalue weighted by atomic mass is 16.5. The van der Waals surface area contributed by atoms with E-state index in [9.17, 15) is 24.0 Å². The number of methoxy groups -OCH3 is 1. The van der Waals surface area contributed by atoms with Crippen LogP contribution >= 0.6 is 0 Å². The third-order valence-electron chi connectivity index (χ3n) is 10.5. The summed E-state index contributed by atoms with van der Waals surface area (Å²) in [6.45, 7) is 3.44. The highest BCUT2D eigenvalue weighted by Crippen LogP contribution is 2.46.